The summed E-state index contributed by atoms with van der Waals surface area (Å²) in [6.07, 6.45) is 14.7. The van der Waals surface area contributed by atoms with Crippen molar-refractivity contribution >= 4 is 34.5 Å². The minimum atomic E-state index is -3.10. The number of aryl methyl sites for hydroxylation is 1. The first-order valence-corrected chi connectivity index (χ1v) is 26.8. The lowest BCUT2D eigenvalue weighted by Crippen LogP contribution is -2.33. The van der Waals surface area contributed by atoms with Crippen molar-refractivity contribution in [3.05, 3.63) is 169 Å². The largest absolute Gasteiger partial charge is 0.457 e. The molecule has 8 heterocycles. The first-order chi connectivity index (χ1) is 41.3. The summed E-state index contributed by atoms with van der Waals surface area (Å²) in [6.45, 7) is -2.58. The van der Waals surface area contributed by atoms with E-state index in [1.165, 1.54) is 62.5 Å². The van der Waals surface area contributed by atoms with Crippen molar-refractivity contribution in [3.63, 3.8) is 0 Å². The highest BCUT2D eigenvalue weighted by Gasteiger charge is 2.27. The molecular formula is C59H53F4N15O7. The SMILES string of the molecule is CN1CCC[C@H]1Cn1cc(NC(=O)c2cnn3cccnc23)c(-c2cc(Oc3cccc(CC#N)c3)ccc2OC(F)F)n1.Cn1cc(NC(=O)c2cnn3cccnc23)c(-c2cc(Oc3cccc([C@@H]4CNCCO4)c3)ccc2OC(F)F)n1. The highest BCUT2D eigenvalue weighted by atomic mass is 19.3. The van der Waals surface area contributed by atoms with Crippen LogP contribution < -0.4 is 34.9 Å². The molecule has 4 aromatic carbocycles. The van der Waals surface area contributed by atoms with Gasteiger partial charge in [-0.2, -0.15) is 43.2 Å². The van der Waals surface area contributed by atoms with Crippen molar-refractivity contribution in [1.82, 2.24) is 59.0 Å². The number of carbonyl (C=O) groups excluding carboxylic acids is 2. The fourth-order valence-electron chi connectivity index (χ4n) is 9.92. The zero-order valence-electron chi connectivity index (χ0n) is 45.6. The molecule has 2 aliphatic heterocycles. The van der Waals surface area contributed by atoms with Crippen molar-refractivity contribution in [2.45, 2.75) is 51.2 Å². The van der Waals surface area contributed by atoms with E-state index in [-0.39, 0.29) is 69.4 Å². The highest BCUT2D eigenvalue weighted by Crippen LogP contribution is 2.41. The smallest absolute Gasteiger partial charge is 0.387 e. The first kappa shape index (κ1) is 56.6. The van der Waals surface area contributed by atoms with E-state index in [4.69, 9.17) is 34.0 Å². The maximum atomic E-state index is 13.5. The maximum absolute atomic E-state index is 13.5. The fourth-order valence-corrected chi connectivity index (χ4v) is 9.92. The van der Waals surface area contributed by atoms with E-state index in [0.717, 1.165) is 37.1 Å². The number of carbonyl (C=O) groups is 2. The minimum Gasteiger partial charge on any atom is -0.457 e. The molecule has 0 aliphatic carbocycles. The Morgan fingerprint density at radius 1 is 0.741 bits per heavy atom. The fraction of sp³-hybridized carbons (Fsp3) is 0.237. The number of hydrogen-bond acceptors (Lipinski definition) is 16. The number of hydrogen-bond donors (Lipinski definition) is 3. The number of morpholine rings is 1. The maximum Gasteiger partial charge on any atom is 0.387 e. The summed E-state index contributed by atoms with van der Waals surface area (Å²) in [5.41, 5.74) is 4.31. The molecule has 0 bridgehead atoms. The number of likely N-dealkylation sites (N-methyl/N-ethyl adjacent to an activating group) is 1. The number of likely N-dealkylation sites (tertiary alicyclic amines) is 1. The van der Waals surface area contributed by atoms with E-state index in [1.807, 2.05) is 31.3 Å². The van der Waals surface area contributed by atoms with Gasteiger partial charge < -0.3 is 44.5 Å². The van der Waals surface area contributed by atoms with Gasteiger partial charge in [0.2, 0.25) is 0 Å². The van der Waals surface area contributed by atoms with Crippen molar-refractivity contribution in [2.75, 3.05) is 43.9 Å². The summed E-state index contributed by atoms with van der Waals surface area (Å²) < 4.78 is 87.6. The van der Waals surface area contributed by atoms with Gasteiger partial charge in [0.05, 0.1) is 66.6 Å². The van der Waals surface area contributed by atoms with Gasteiger partial charge in [0.25, 0.3) is 11.8 Å². The molecule has 0 spiro atoms. The molecule has 3 N–H and O–H groups in total. The van der Waals surface area contributed by atoms with Crippen molar-refractivity contribution in [2.24, 2.45) is 7.05 Å². The number of anilines is 2. The predicted octanol–water partition coefficient (Wildman–Crippen LogP) is 9.84. The van der Waals surface area contributed by atoms with Gasteiger partial charge in [0, 0.05) is 63.4 Å². The van der Waals surface area contributed by atoms with Gasteiger partial charge in [0.1, 0.15) is 57.0 Å². The van der Waals surface area contributed by atoms with Gasteiger partial charge in [-0.3, -0.25) is 19.0 Å². The van der Waals surface area contributed by atoms with Crippen molar-refractivity contribution in [3.8, 4) is 63.1 Å². The Hall–Kier alpha value is -10.2. The van der Waals surface area contributed by atoms with Gasteiger partial charge in [-0.05, 0) is 110 Å². The first-order valence-electron chi connectivity index (χ1n) is 26.8. The second-order valence-corrected chi connectivity index (χ2v) is 19.7. The Morgan fingerprint density at radius 2 is 1.33 bits per heavy atom. The summed E-state index contributed by atoms with van der Waals surface area (Å²) >= 11 is 0. The number of nitrogens with zero attached hydrogens (tertiary/aromatic N) is 12. The van der Waals surface area contributed by atoms with Crippen molar-refractivity contribution < 1.29 is 50.8 Å². The van der Waals surface area contributed by atoms with Crippen LogP contribution in [-0.4, -0.2) is 118 Å². The molecule has 2 amide bonds. The minimum absolute atomic E-state index is 0.104. The summed E-state index contributed by atoms with van der Waals surface area (Å²) in [5, 5.41) is 35.6. The number of amides is 2. The van der Waals surface area contributed by atoms with E-state index in [0.29, 0.717) is 59.7 Å². The van der Waals surface area contributed by atoms with E-state index in [1.54, 1.807) is 85.3 Å². The normalized spacial score (nSPS) is 15.1. The Morgan fingerprint density at radius 3 is 1.91 bits per heavy atom. The second kappa shape index (κ2) is 25.5. The highest BCUT2D eigenvalue weighted by molar-refractivity contribution is 6.10. The molecule has 434 valence electrons. The van der Waals surface area contributed by atoms with Crippen LogP contribution >= 0.6 is 0 Å². The standard InChI is InChI=1S/C31H28F2N8O3.C28H25F2N7O4/c1-39-13-3-6-21(39)18-40-19-26(37-30(42)25-17-36-41-14-4-12-35-29(25)41)28(38-40)24-16-23(8-9-27(24)44-31(32)33)43-22-7-2-5-20(15-22)10-11-34;1-36-16-22(34-27(38)21-14-33-37-10-3-8-32-26(21)37)25(35-36)20-13-19(6-7-23(20)41-28(29)30)40-18-5-2-4-17(12-18)24-15-31-9-11-39-24/h2,4-5,7-9,12,14-17,19,21,31H,3,6,10,13,18H2,1H3,(H,37,42);2-8,10,12-14,16,24,28,31H,9,11,15H2,1H3,(H,34,38)/t21-;24-/m00/s1. The molecule has 2 saturated heterocycles. The quantitative estimate of drug-likeness (QED) is 0.0677. The van der Waals surface area contributed by atoms with E-state index < -0.39 is 25.0 Å². The Balaban J connectivity index is 0.000000177. The predicted molar refractivity (Wildman–Crippen MR) is 301 cm³/mol. The molecule has 0 unspecified atom stereocenters. The average Bonchev–Trinajstić information content (AvgIpc) is 4.43. The summed E-state index contributed by atoms with van der Waals surface area (Å²) in [6, 6.07) is 29.1. The summed E-state index contributed by atoms with van der Waals surface area (Å²) in [4.78, 5) is 37.4. The topological polar surface area (TPSA) is 239 Å². The third-order valence-electron chi connectivity index (χ3n) is 13.9. The summed E-state index contributed by atoms with van der Waals surface area (Å²) in [7, 11) is 3.70. The van der Waals surface area contributed by atoms with E-state index in [2.05, 4.69) is 52.2 Å². The van der Waals surface area contributed by atoms with E-state index in [9.17, 15) is 27.2 Å². The van der Waals surface area contributed by atoms with Gasteiger partial charge in [-0.25, -0.2) is 19.0 Å². The molecule has 6 aromatic heterocycles. The number of nitrogens with one attached hydrogen (secondary N) is 3. The van der Waals surface area contributed by atoms with Gasteiger partial charge in [-0.15, -0.1) is 0 Å². The third-order valence-corrected chi connectivity index (χ3v) is 13.9. The number of rotatable bonds is 18. The number of aromatic nitrogens is 10. The number of fused-ring (bicyclic) bond motifs is 2. The molecule has 2 fully saturated rings. The van der Waals surface area contributed by atoms with Gasteiger partial charge in [0.15, 0.2) is 11.3 Å². The molecule has 10 aromatic rings. The molecular weight excluding hydrogens is 1110 g/mol. The lowest BCUT2D eigenvalue weighted by atomic mass is 10.1. The lowest BCUT2D eigenvalue weighted by molar-refractivity contribution is -0.0501. The number of halogens is 4. The Kier molecular flexibility index (Phi) is 17.0. The Bertz CT molecular complexity index is 4060. The van der Waals surface area contributed by atoms with Crippen LogP contribution in [0.15, 0.2) is 147 Å². The monoisotopic (exact) mass is 1160 g/mol. The molecule has 22 nitrogen and oxygen atoms in total. The van der Waals surface area contributed by atoms with Crippen LogP contribution in [0.1, 0.15) is 50.8 Å². The average molecular weight is 1160 g/mol. The van der Waals surface area contributed by atoms with Gasteiger partial charge >= 0.3 is 13.2 Å². The van der Waals surface area contributed by atoms with Crippen LogP contribution in [0.3, 0.4) is 0 Å². The molecule has 2 atom stereocenters. The number of nitriles is 1. The zero-order chi connectivity index (χ0) is 59.0. The number of ether oxygens (including phenoxy) is 5. The van der Waals surface area contributed by atoms with Crippen LogP contribution in [0.4, 0.5) is 28.9 Å². The van der Waals surface area contributed by atoms with Gasteiger partial charge in [-0.1, -0.05) is 24.3 Å². The summed E-state index contributed by atoms with van der Waals surface area (Å²) in [5.74, 6) is 0.441. The van der Waals surface area contributed by atoms with Crippen molar-refractivity contribution in [1.29, 1.82) is 5.26 Å². The molecule has 0 saturated carbocycles. The molecule has 2 aliphatic rings. The molecule has 0 radical (unpaired) electrons. The second-order valence-electron chi connectivity index (χ2n) is 19.7. The van der Waals surface area contributed by atoms with Crippen LogP contribution in [0.5, 0.6) is 34.5 Å². The van der Waals surface area contributed by atoms with Crippen LogP contribution in [-0.2, 0) is 24.8 Å². The number of benzene rings is 4. The molecule has 12 rings (SSSR count). The van der Waals surface area contributed by atoms with Crippen LogP contribution in [0.25, 0.3) is 33.8 Å². The number of alkyl halides is 4. The third kappa shape index (κ3) is 13.3. The zero-order valence-corrected chi connectivity index (χ0v) is 45.6. The molecule has 85 heavy (non-hydrogen) atoms. The van der Waals surface area contributed by atoms with E-state index >= 15 is 0 Å². The van der Waals surface area contributed by atoms with Crippen LogP contribution in [0.2, 0.25) is 0 Å². The lowest BCUT2D eigenvalue weighted by Gasteiger charge is -2.24. The molecule has 26 heteroatoms. The Labute approximate surface area is 482 Å². The van der Waals surface area contributed by atoms with Crippen LogP contribution in [0, 0.1) is 11.3 Å².